The van der Waals surface area contributed by atoms with Crippen molar-refractivity contribution < 1.29 is 19.8 Å². The molecule has 13 heteroatoms. The van der Waals surface area contributed by atoms with Gasteiger partial charge < -0.3 is 35.5 Å². The average molecular weight is 599 g/mol. The van der Waals surface area contributed by atoms with Crippen LogP contribution in [0.5, 0.6) is 0 Å². The zero-order chi connectivity index (χ0) is 31.2. The number of nitrogens with one attached hydrogen (secondary N) is 2. The van der Waals surface area contributed by atoms with Gasteiger partial charge in [-0.05, 0) is 56.5 Å². The molecule has 0 radical (unpaired) electrons. The Morgan fingerprint density at radius 3 is 2.40 bits per heavy atom. The summed E-state index contributed by atoms with van der Waals surface area (Å²) in [6.45, 7) is 11.0. The van der Waals surface area contributed by atoms with Crippen LogP contribution in [0.3, 0.4) is 0 Å². The molecule has 0 amide bonds. The highest BCUT2D eigenvalue weighted by atomic mass is 32.1. The minimum absolute atomic E-state index is 0.266. The van der Waals surface area contributed by atoms with Crippen LogP contribution in [-0.4, -0.2) is 105 Å². The lowest BCUT2D eigenvalue weighted by molar-refractivity contribution is -0.135. The lowest BCUT2D eigenvalue weighted by atomic mass is 10.00. The van der Waals surface area contributed by atoms with Crippen molar-refractivity contribution in [2.75, 3.05) is 62.4 Å². The van der Waals surface area contributed by atoms with Gasteiger partial charge in [0.15, 0.2) is 5.11 Å². The molecule has 12 nitrogen and oxygen atoms in total. The van der Waals surface area contributed by atoms with Crippen LogP contribution in [0.4, 0.5) is 17.3 Å². The highest BCUT2D eigenvalue weighted by Gasteiger charge is 2.31. The van der Waals surface area contributed by atoms with Gasteiger partial charge in [-0.15, -0.1) is 0 Å². The van der Waals surface area contributed by atoms with Gasteiger partial charge in [-0.2, -0.15) is 0 Å². The van der Waals surface area contributed by atoms with E-state index < -0.39 is 11.9 Å². The van der Waals surface area contributed by atoms with Crippen LogP contribution < -0.4 is 15.5 Å². The number of pyridine rings is 1. The van der Waals surface area contributed by atoms with Crippen molar-refractivity contribution in [2.45, 2.75) is 33.7 Å². The second-order valence-corrected chi connectivity index (χ2v) is 10.7. The summed E-state index contributed by atoms with van der Waals surface area (Å²) >= 11 is 5.90. The maximum absolute atomic E-state index is 9.00. The number of anilines is 3. The molecule has 0 spiro atoms. The lowest BCUT2D eigenvalue weighted by Gasteiger charge is -2.45. The number of fused-ring (bicyclic) bond motifs is 1. The minimum Gasteiger partial charge on any atom is -0.481 e. The number of likely N-dealkylation sites (N-methyl/N-ethyl adjacent to an activating group) is 1. The van der Waals surface area contributed by atoms with Gasteiger partial charge in [0.2, 0.25) is 0 Å². The molecule has 4 N–H and O–H groups in total. The van der Waals surface area contributed by atoms with E-state index in [4.69, 9.17) is 32.0 Å². The van der Waals surface area contributed by atoms with Gasteiger partial charge in [-0.25, -0.2) is 9.97 Å². The molecule has 2 aromatic heterocycles. The van der Waals surface area contributed by atoms with Crippen LogP contribution in [0.25, 0.3) is 10.9 Å². The van der Waals surface area contributed by atoms with Gasteiger partial charge in [0.25, 0.3) is 11.9 Å². The van der Waals surface area contributed by atoms with Crippen LogP contribution in [0.15, 0.2) is 48.9 Å². The minimum atomic E-state index is -0.833. The molecule has 1 saturated heterocycles. The van der Waals surface area contributed by atoms with Gasteiger partial charge in [0.05, 0.1) is 11.6 Å². The number of thiocarbonyl (C=S) groups is 1. The van der Waals surface area contributed by atoms with Gasteiger partial charge in [-0.1, -0.05) is 19.9 Å². The smallest absolute Gasteiger partial charge is 0.300 e. The van der Waals surface area contributed by atoms with Gasteiger partial charge >= 0.3 is 0 Å². The fourth-order valence-corrected chi connectivity index (χ4v) is 4.60. The van der Waals surface area contributed by atoms with Crippen molar-refractivity contribution in [3.63, 3.8) is 0 Å². The first-order chi connectivity index (χ1) is 19.9. The Labute approximate surface area is 252 Å². The Bertz CT molecular complexity index is 1300. The summed E-state index contributed by atoms with van der Waals surface area (Å²) in [7, 11) is 4.13. The Kier molecular flexibility index (Phi) is 13.8. The number of carboxylic acid groups (broad SMARTS) is 2. The highest BCUT2D eigenvalue weighted by Crippen LogP contribution is 2.26. The van der Waals surface area contributed by atoms with E-state index in [0.717, 1.165) is 79.9 Å². The third kappa shape index (κ3) is 11.4. The number of aromatic nitrogens is 3. The topological polar surface area (TPSA) is 147 Å². The average Bonchev–Trinajstić information content (AvgIpc) is 2.92. The molecule has 3 aromatic rings. The summed E-state index contributed by atoms with van der Waals surface area (Å²) in [6, 6.07) is 12.4. The van der Waals surface area contributed by atoms with Crippen LogP contribution >= 0.6 is 12.2 Å². The molecule has 228 valence electrons. The third-order valence-corrected chi connectivity index (χ3v) is 6.51. The van der Waals surface area contributed by atoms with E-state index in [0.29, 0.717) is 5.92 Å². The fourth-order valence-electron chi connectivity index (χ4n) is 4.26. The molecule has 42 heavy (non-hydrogen) atoms. The predicted octanol–water partition coefficient (Wildman–Crippen LogP) is 3.72. The number of piperazine rings is 1. The largest absolute Gasteiger partial charge is 0.481 e. The number of carbonyl (C=O) groups is 2. The standard InChI is InChI=1S/C25H34N8S.2C2H4O2/c1-18(2)22-16-32(24-15-23(28-17-29-24)27-11-12-31(3)4)13-14-33(22)25(34)30-21-9-5-8-20-19(21)7-6-10-26-20;2*1-2(3)4/h5-10,15,17-18,22H,11-14,16H2,1-4H3,(H,30,34)(H,27,28,29);2*1H3,(H,3,4). The van der Waals surface area contributed by atoms with Crippen molar-refractivity contribution in [1.82, 2.24) is 24.8 Å². The highest BCUT2D eigenvalue weighted by molar-refractivity contribution is 7.80. The molecule has 1 unspecified atom stereocenters. The zero-order valence-electron chi connectivity index (χ0n) is 25.1. The first-order valence-corrected chi connectivity index (χ1v) is 14.1. The molecule has 1 atom stereocenters. The Morgan fingerprint density at radius 1 is 1.07 bits per heavy atom. The Hall–Kier alpha value is -4.10. The number of rotatable bonds is 7. The summed E-state index contributed by atoms with van der Waals surface area (Å²) in [5, 5.41) is 23.5. The quantitative estimate of drug-likeness (QED) is 0.293. The molecule has 1 aliphatic rings. The van der Waals surface area contributed by atoms with E-state index in [1.54, 1.807) is 6.33 Å². The Balaban J connectivity index is 0.000000686. The number of aliphatic carboxylic acids is 2. The number of hydrogen-bond donors (Lipinski definition) is 4. The predicted molar refractivity (Wildman–Crippen MR) is 171 cm³/mol. The van der Waals surface area contributed by atoms with Crippen molar-refractivity contribution >= 4 is 57.5 Å². The molecule has 1 aliphatic heterocycles. The van der Waals surface area contributed by atoms with Crippen LogP contribution in [0, 0.1) is 5.92 Å². The molecule has 4 rings (SSSR count). The van der Waals surface area contributed by atoms with Crippen LogP contribution in [-0.2, 0) is 9.59 Å². The second-order valence-electron chi connectivity index (χ2n) is 10.3. The van der Waals surface area contributed by atoms with E-state index >= 15 is 0 Å². The summed E-state index contributed by atoms with van der Waals surface area (Å²) < 4.78 is 0. The molecule has 0 bridgehead atoms. The summed E-state index contributed by atoms with van der Waals surface area (Å²) in [4.78, 5) is 38.2. The van der Waals surface area contributed by atoms with E-state index in [1.165, 1.54) is 0 Å². The fraction of sp³-hybridized carbons (Fsp3) is 0.448. The van der Waals surface area contributed by atoms with Gasteiger partial charge in [0, 0.05) is 69.9 Å². The molecule has 1 aromatic carbocycles. The van der Waals surface area contributed by atoms with Crippen LogP contribution in [0.1, 0.15) is 27.7 Å². The zero-order valence-corrected chi connectivity index (χ0v) is 25.9. The monoisotopic (exact) mass is 598 g/mol. The maximum atomic E-state index is 9.00. The van der Waals surface area contributed by atoms with E-state index in [2.05, 4.69) is 80.4 Å². The van der Waals surface area contributed by atoms with Gasteiger partial charge in [-0.3, -0.25) is 14.6 Å². The molecular formula is C29H42N8O4S. The van der Waals surface area contributed by atoms with E-state index in [-0.39, 0.29) is 6.04 Å². The molecule has 0 aliphatic carbocycles. The summed E-state index contributed by atoms with van der Waals surface area (Å²) in [5.41, 5.74) is 1.95. The normalized spacial score (nSPS) is 14.4. The van der Waals surface area contributed by atoms with Crippen LogP contribution in [0.2, 0.25) is 0 Å². The first kappa shape index (κ1) is 34.1. The van der Waals surface area contributed by atoms with Gasteiger partial charge in [0.1, 0.15) is 18.0 Å². The van der Waals surface area contributed by atoms with Crippen molar-refractivity contribution in [1.29, 1.82) is 0 Å². The molecule has 3 heterocycles. The lowest BCUT2D eigenvalue weighted by Crippen LogP contribution is -2.58. The SMILES string of the molecule is CC(=O)O.CC(=O)O.CC(C)C1CN(c2cc(NCCN(C)C)ncn2)CCN1C(=S)Nc1cccc2ncccc12. The molecular weight excluding hydrogens is 556 g/mol. The van der Waals surface area contributed by atoms with E-state index in [1.807, 2.05) is 30.5 Å². The number of carboxylic acids is 2. The number of benzene rings is 1. The summed E-state index contributed by atoms with van der Waals surface area (Å²) in [5.74, 6) is 0.569. The first-order valence-electron chi connectivity index (χ1n) is 13.6. The van der Waals surface area contributed by atoms with Crippen molar-refractivity contribution in [3.05, 3.63) is 48.9 Å². The van der Waals surface area contributed by atoms with Crippen molar-refractivity contribution in [3.8, 4) is 0 Å². The van der Waals surface area contributed by atoms with E-state index in [9.17, 15) is 0 Å². The Morgan fingerprint density at radius 2 is 1.76 bits per heavy atom. The molecule has 0 saturated carbocycles. The van der Waals surface area contributed by atoms with Crippen molar-refractivity contribution in [2.24, 2.45) is 5.92 Å². The number of hydrogen-bond acceptors (Lipinski definition) is 9. The molecule has 1 fully saturated rings. The number of nitrogens with zero attached hydrogens (tertiary/aromatic N) is 6. The maximum Gasteiger partial charge on any atom is 0.300 e. The third-order valence-electron chi connectivity index (χ3n) is 6.18. The summed E-state index contributed by atoms with van der Waals surface area (Å²) in [6.07, 6.45) is 3.46. The second kappa shape index (κ2) is 17.0.